The van der Waals surface area contributed by atoms with Crippen LogP contribution in [-0.2, 0) is 6.42 Å². The molecule has 25 heavy (non-hydrogen) atoms. The predicted molar refractivity (Wildman–Crippen MR) is 105 cm³/mol. The van der Waals surface area contributed by atoms with E-state index in [4.69, 9.17) is 10.5 Å². The van der Waals surface area contributed by atoms with Gasteiger partial charge in [-0.25, -0.2) is 4.98 Å². The maximum absolute atomic E-state index is 5.87. The van der Waals surface area contributed by atoms with Gasteiger partial charge in [0.25, 0.3) is 0 Å². The number of ether oxygens (including phenoxy) is 1. The number of hydrogen-bond donors (Lipinski definition) is 1. The van der Waals surface area contributed by atoms with Crippen molar-refractivity contribution in [2.24, 2.45) is 0 Å². The van der Waals surface area contributed by atoms with Crippen molar-refractivity contribution in [1.29, 1.82) is 0 Å². The molecule has 0 saturated heterocycles. The maximum atomic E-state index is 5.87. The van der Waals surface area contributed by atoms with E-state index in [2.05, 4.69) is 59.3 Å². The minimum absolute atomic E-state index is 0.613. The fourth-order valence-electron chi connectivity index (χ4n) is 3.25. The smallest absolute Gasteiger partial charge is 0.180 e. The van der Waals surface area contributed by atoms with E-state index in [9.17, 15) is 0 Å². The summed E-state index contributed by atoms with van der Waals surface area (Å²) in [6.07, 6.45) is 1.02. The lowest BCUT2D eigenvalue weighted by molar-refractivity contribution is 0.308. The van der Waals surface area contributed by atoms with Crippen molar-refractivity contribution in [2.45, 2.75) is 13.3 Å². The zero-order valence-corrected chi connectivity index (χ0v) is 15.1. The van der Waals surface area contributed by atoms with Crippen LogP contribution < -0.4 is 15.4 Å². The van der Waals surface area contributed by atoms with Gasteiger partial charge in [-0.15, -0.1) is 11.3 Å². The van der Waals surface area contributed by atoms with E-state index in [0.717, 1.165) is 53.7 Å². The maximum Gasteiger partial charge on any atom is 0.180 e. The van der Waals surface area contributed by atoms with E-state index in [-0.39, 0.29) is 0 Å². The second kappa shape index (κ2) is 6.76. The Bertz CT molecular complexity index is 876. The van der Waals surface area contributed by atoms with Gasteiger partial charge in [-0.2, -0.15) is 0 Å². The summed E-state index contributed by atoms with van der Waals surface area (Å²) in [7, 11) is 0. The molecule has 1 aliphatic rings. The molecular weight excluding hydrogens is 330 g/mol. The van der Waals surface area contributed by atoms with Crippen LogP contribution in [0.3, 0.4) is 0 Å². The Morgan fingerprint density at radius 3 is 2.80 bits per heavy atom. The molecule has 1 aliphatic heterocycles. The van der Waals surface area contributed by atoms with Gasteiger partial charge in [-0.1, -0.05) is 30.3 Å². The molecule has 2 heterocycles. The fourth-order valence-corrected chi connectivity index (χ4v) is 3.96. The summed E-state index contributed by atoms with van der Waals surface area (Å²) in [5.41, 5.74) is 10.4. The lowest BCUT2D eigenvalue weighted by atomic mass is 10.1. The SMILES string of the molecule is Cc1sc(N)nc1-c1ccc2c(c1)N(CCc1ccccc1)CCO2. The third kappa shape index (κ3) is 3.33. The summed E-state index contributed by atoms with van der Waals surface area (Å²) < 4.78 is 5.85. The number of fused-ring (bicyclic) bond motifs is 1. The Morgan fingerprint density at radius 2 is 2.04 bits per heavy atom. The molecule has 0 unspecified atom stereocenters. The molecule has 4 nitrogen and oxygen atoms in total. The Morgan fingerprint density at radius 1 is 1.20 bits per heavy atom. The molecule has 128 valence electrons. The molecule has 0 saturated carbocycles. The number of thiazole rings is 1. The van der Waals surface area contributed by atoms with E-state index in [1.54, 1.807) is 0 Å². The largest absolute Gasteiger partial charge is 0.490 e. The molecule has 1 aromatic heterocycles. The van der Waals surface area contributed by atoms with E-state index >= 15 is 0 Å². The summed E-state index contributed by atoms with van der Waals surface area (Å²) in [4.78, 5) is 8.03. The van der Waals surface area contributed by atoms with E-state index in [1.165, 1.54) is 16.9 Å². The number of anilines is 2. The quantitative estimate of drug-likeness (QED) is 0.767. The Labute approximate surface area is 151 Å². The number of hydrogen-bond acceptors (Lipinski definition) is 5. The number of aryl methyl sites for hydroxylation is 1. The highest BCUT2D eigenvalue weighted by molar-refractivity contribution is 7.15. The number of nitrogen functional groups attached to an aromatic ring is 1. The highest BCUT2D eigenvalue weighted by Gasteiger charge is 2.20. The standard InChI is InChI=1S/C20H21N3OS/c1-14-19(22-20(21)25-14)16-7-8-18-17(13-16)23(11-12-24-18)10-9-15-5-3-2-4-6-15/h2-8,13H,9-12H2,1H3,(H2,21,22). The molecule has 4 rings (SSSR count). The topological polar surface area (TPSA) is 51.4 Å². The summed E-state index contributed by atoms with van der Waals surface area (Å²) >= 11 is 1.53. The zero-order valence-electron chi connectivity index (χ0n) is 14.2. The summed E-state index contributed by atoms with van der Waals surface area (Å²) in [6.45, 7) is 4.67. The van der Waals surface area contributed by atoms with Crippen LogP contribution in [0.15, 0.2) is 48.5 Å². The summed E-state index contributed by atoms with van der Waals surface area (Å²) in [6, 6.07) is 16.9. The van der Waals surface area contributed by atoms with Gasteiger partial charge in [0.2, 0.25) is 0 Å². The first-order valence-electron chi connectivity index (χ1n) is 8.50. The zero-order chi connectivity index (χ0) is 17.2. The lowest BCUT2D eigenvalue weighted by Crippen LogP contribution is -2.34. The van der Waals surface area contributed by atoms with Crippen LogP contribution in [0.5, 0.6) is 5.75 Å². The minimum Gasteiger partial charge on any atom is -0.490 e. The first-order chi connectivity index (χ1) is 12.2. The van der Waals surface area contributed by atoms with Crippen molar-refractivity contribution in [3.8, 4) is 17.0 Å². The molecule has 2 N–H and O–H groups in total. The normalized spacial score (nSPS) is 13.4. The molecule has 0 atom stereocenters. The average Bonchev–Trinajstić information content (AvgIpc) is 2.98. The predicted octanol–water partition coefficient (Wildman–Crippen LogP) is 4.14. The van der Waals surface area contributed by atoms with Crippen LogP contribution in [0, 0.1) is 6.92 Å². The van der Waals surface area contributed by atoms with Gasteiger partial charge in [0.15, 0.2) is 5.13 Å². The second-order valence-corrected chi connectivity index (χ2v) is 7.45. The molecule has 3 aromatic rings. The number of benzene rings is 2. The lowest BCUT2D eigenvalue weighted by Gasteiger charge is -2.31. The molecule has 0 amide bonds. The second-order valence-electron chi connectivity index (χ2n) is 6.21. The van der Waals surface area contributed by atoms with Crippen molar-refractivity contribution in [1.82, 2.24) is 4.98 Å². The Balaban J connectivity index is 1.61. The molecule has 5 heteroatoms. The van der Waals surface area contributed by atoms with Crippen molar-refractivity contribution in [3.63, 3.8) is 0 Å². The van der Waals surface area contributed by atoms with Crippen molar-refractivity contribution >= 4 is 22.2 Å². The van der Waals surface area contributed by atoms with E-state index < -0.39 is 0 Å². The summed E-state index contributed by atoms with van der Waals surface area (Å²) in [5, 5.41) is 0.613. The Hall–Kier alpha value is -2.53. The molecule has 0 aliphatic carbocycles. The number of nitrogens with zero attached hydrogens (tertiary/aromatic N) is 2. The van der Waals surface area contributed by atoms with Crippen molar-refractivity contribution < 1.29 is 4.74 Å². The first kappa shape index (κ1) is 16.0. The van der Waals surface area contributed by atoms with Crippen molar-refractivity contribution in [2.75, 3.05) is 30.3 Å². The number of rotatable bonds is 4. The minimum atomic E-state index is 0.613. The van der Waals surface area contributed by atoms with Crippen LogP contribution in [0.4, 0.5) is 10.8 Å². The van der Waals surface area contributed by atoms with Crippen LogP contribution in [0.2, 0.25) is 0 Å². The highest BCUT2D eigenvalue weighted by Crippen LogP contribution is 2.37. The summed E-state index contributed by atoms with van der Waals surface area (Å²) in [5.74, 6) is 0.948. The monoisotopic (exact) mass is 351 g/mol. The molecule has 0 spiro atoms. The van der Waals surface area contributed by atoms with E-state index in [1.807, 2.05) is 6.07 Å². The first-order valence-corrected chi connectivity index (χ1v) is 9.31. The van der Waals surface area contributed by atoms with Gasteiger partial charge in [0.05, 0.1) is 17.9 Å². The van der Waals surface area contributed by atoms with Gasteiger partial charge in [0.1, 0.15) is 12.4 Å². The van der Waals surface area contributed by atoms with Crippen LogP contribution >= 0.6 is 11.3 Å². The van der Waals surface area contributed by atoms with Gasteiger partial charge < -0.3 is 15.4 Å². The van der Waals surface area contributed by atoms with Crippen molar-refractivity contribution in [3.05, 3.63) is 59.0 Å². The molecular formula is C20H21N3OS. The van der Waals surface area contributed by atoms with Crippen LogP contribution in [-0.4, -0.2) is 24.7 Å². The van der Waals surface area contributed by atoms with Gasteiger partial charge in [-0.3, -0.25) is 0 Å². The highest BCUT2D eigenvalue weighted by atomic mass is 32.1. The number of aromatic nitrogens is 1. The van der Waals surface area contributed by atoms with Crippen LogP contribution in [0.25, 0.3) is 11.3 Å². The average molecular weight is 351 g/mol. The van der Waals surface area contributed by atoms with E-state index in [0.29, 0.717) is 5.13 Å². The molecule has 0 radical (unpaired) electrons. The molecule has 0 fully saturated rings. The number of nitrogens with two attached hydrogens (primary N) is 1. The third-order valence-electron chi connectivity index (χ3n) is 4.52. The van der Waals surface area contributed by atoms with Gasteiger partial charge >= 0.3 is 0 Å². The van der Waals surface area contributed by atoms with Crippen LogP contribution in [0.1, 0.15) is 10.4 Å². The van der Waals surface area contributed by atoms with Gasteiger partial charge in [0, 0.05) is 17.0 Å². The molecule has 0 bridgehead atoms. The fraction of sp³-hybridized carbons (Fsp3) is 0.250. The van der Waals surface area contributed by atoms with Gasteiger partial charge in [-0.05, 0) is 37.1 Å². The third-order valence-corrected chi connectivity index (χ3v) is 5.32. The molecule has 2 aromatic carbocycles. The Kier molecular flexibility index (Phi) is 4.32.